The van der Waals surface area contributed by atoms with Crippen molar-refractivity contribution in [3.05, 3.63) is 23.5 Å². The van der Waals surface area contributed by atoms with Gasteiger partial charge >= 0.3 is 5.97 Å². The number of hydrogen-bond donors (Lipinski definition) is 1. The van der Waals surface area contributed by atoms with Gasteiger partial charge in [-0.25, -0.2) is 4.98 Å². The molecule has 0 atom stereocenters. The molecule has 8 heteroatoms. The molecule has 0 aliphatic carbocycles. The van der Waals surface area contributed by atoms with Crippen molar-refractivity contribution in [3.63, 3.8) is 0 Å². The molecule has 0 aromatic carbocycles. The number of hydrogen-bond acceptors (Lipinski definition) is 5. The summed E-state index contributed by atoms with van der Waals surface area (Å²) in [7, 11) is 1.82. The Labute approximate surface area is 132 Å². The molecular formula is C14H18N4O3S. The first-order valence-corrected chi connectivity index (χ1v) is 7.73. The first kappa shape index (κ1) is 16.2. The van der Waals surface area contributed by atoms with Crippen molar-refractivity contribution in [1.29, 1.82) is 0 Å². The minimum absolute atomic E-state index is 0.0798. The van der Waals surface area contributed by atoms with Crippen LogP contribution in [0.3, 0.4) is 0 Å². The van der Waals surface area contributed by atoms with E-state index in [2.05, 4.69) is 10.1 Å². The zero-order chi connectivity index (χ0) is 16.3. The largest absolute Gasteiger partial charge is 0.481 e. The number of amides is 1. The number of rotatable bonds is 6. The SMILES string of the molecule is CC(C)N(CCC(=O)O)C(=O)c1csc(-c2cnn(C)c2)n1. The minimum atomic E-state index is -0.923. The second-order valence-corrected chi connectivity index (χ2v) is 6.03. The first-order valence-electron chi connectivity index (χ1n) is 6.85. The Kier molecular flexibility index (Phi) is 4.92. The summed E-state index contributed by atoms with van der Waals surface area (Å²) >= 11 is 1.37. The molecule has 7 nitrogen and oxygen atoms in total. The molecule has 1 amide bonds. The number of carboxylic acids is 1. The van der Waals surface area contributed by atoms with Gasteiger partial charge in [0.25, 0.3) is 5.91 Å². The molecule has 0 radical (unpaired) electrons. The fourth-order valence-corrected chi connectivity index (χ4v) is 2.76. The van der Waals surface area contributed by atoms with Gasteiger partial charge in [-0.2, -0.15) is 5.10 Å². The lowest BCUT2D eigenvalue weighted by atomic mass is 10.2. The van der Waals surface area contributed by atoms with E-state index in [0.29, 0.717) is 5.69 Å². The molecule has 22 heavy (non-hydrogen) atoms. The summed E-state index contributed by atoms with van der Waals surface area (Å²) in [6, 6.07) is -0.0876. The number of carbonyl (C=O) groups is 2. The molecule has 2 aromatic rings. The lowest BCUT2D eigenvalue weighted by molar-refractivity contribution is -0.137. The van der Waals surface area contributed by atoms with Crippen LogP contribution in [0.2, 0.25) is 0 Å². The molecule has 0 aliphatic heterocycles. The third kappa shape index (κ3) is 3.70. The molecule has 0 aliphatic rings. The lowest BCUT2D eigenvalue weighted by Gasteiger charge is -2.25. The number of carbonyl (C=O) groups excluding carboxylic acids is 1. The molecule has 0 bridgehead atoms. The summed E-state index contributed by atoms with van der Waals surface area (Å²) in [5.41, 5.74) is 1.19. The number of aryl methyl sites for hydroxylation is 1. The van der Waals surface area contributed by atoms with Gasteiger partial charge in [0.05, 0.1) is 12.6 Å². The maximum absolute atomic E-state index is 12.5. The summed E-state index contributed by atoms with van der Waals surface area (Å²) in [6.07, 6.45) is 3.44. The maximum Gasteiger partial charge on any atom is 0.305 e. The van der Waals surface area contributed by atoms with Gasteiger partial charge in [0.1, 0.15) is 10.7 Å². The number of thiazole rings is 1. The van der Waals surface area contributed by atoms with E-state index in [1.807, 2.05) is 27.1 Å². The van der Waals surface area contributed by atoms with Crippen LogP contribution >= 0.6 is 11.3 Å². The van der Waals surface area contributed by atoms with E-state index in [-0.39, 0.29) is 24.9 Å². The highest BCUT2D eigenvalue weighted by molar-refractivity contribution is 7.13. The van der Waals surface area contributed by atoms with E-state index in [9.17, 15) is 9.59 Å². The fraction of sp³-hybridized carbons (Fsp3) is 0.429. The van der Waals surface area contributed by atoms with Crippen molar-refractivity contribution in [2.45, 2.75) is 26.3 Å². The van der Waals surface area contributed by atoms with Gasteiger partial charge in [-0.15, -0.1) is 11.3 Å². The topological polar surface area (TPSA) is 88.3 Å². The molecule has 0 fully saturated rings. The third-order valence-electron chi connectivity index (χ3n) is 3.13. The summed E-state index contributed by atoms with van der Waals surface area (Å²) in [5.74, 6) is -1.17. The highest BCUT2D eigenvalue weighted by Crippen LogP contribution is 2.24. The molecule has 118 valence electrons. The zero-order valence-corrected chi connectivity index (χ0v) is 13.5. The van der Waals surface area contributed by atoms with Crippen molar-refractivity contribution < 1.29 is 14.7 Å². The van der Waals surface area contributed by atoms with E-state index in [0.717, 1.165) is 10.6 Å². The van der Waals surface area contributed by atoms with E-state index in [1.165, 1.54) is 16.2 Å². The van der Waals surface area contributed by atoms with Crippen molar-refractivity contribution in [2.24, 2.45) is 7.05 Å². The molecule has 0 saturated carbocycles. The average Bonchev–Trinajstić information content (AvgIpc) is 3.06. The van der Waals surface area contributed by atoms with Crippen LogP contribution in [0, 0.1) is 0 Å². The van der Waals surface area contributed by atoms with Crippen LogP contribution in [-0.4, -0.2) is 49.2 Å². The molecule has 2 rings (SSSR count). The Hall–Kier alpha value is -2.22. The van der Waals surface area contributed by atoms with Crippen LogP contribution in [-0.2, 0) is 11.8 Å². The van der Waals surface area contributed by atoms with Crippen LogP contribution < -0.4 is 0 Å². The van der Waals surface area contributed by atoms with E-state index < -0.39 is 5.97 Å². The van der Waals surface area contributed by atoms with Crippen LogP contribution in [0.4, 0.5) is 0 Å². The summed E-state index contributed by atoms with van der Waals surface area (Å²) in [4.78, 5) is 29.1. The zero-order valence-electron chi connectivity index (χ0n) is 12.7. The predicted octanol–water partition coefficient (Wildman–Crippen LogP) is 1.87. The van der Waals surface area contributed by atoms with Gasteiger partial charge in [0, 0.05) is 36.8 Å². The molecule has 0 spiro atoms. The van der Waals surface area contributed by atoms with Crippen molar-refractivity contribution in [3.8, 4) is 10.6 Å². The number of nitrogens with zero attached hydrogens (tertiary/aromatic N) is 4. The van der Waals surface area contributed by atoms with Crippen LogP contribution in [0.1, 0.15) is 30.8 Å². The standard InChI is InChI=1S/C14H18N4O3S/c1-9(2)18(5-4-12(19)20)14(21)11-8-22-13(16-11)10-6-15-17(3)7-10/h6-9H,4-5H2,1-3H3,(H,19,20). The Morgan fingerprint density at radius 1 is 1.45 bits per heavy atom. The van der Waals surface area contributed by atoms with Gasteiger partial charge in [-0.05, 0) is 13.8 Å². The van der Waals surface area contributed by atoms with Crippen LogP contribution in [0.5, 0.6) is 0 Å². The Morgan fingerprint density at radius 2 is 2.18 bits per heavy atom. The highest BCUT2D eigenvalue weighted by Gasteiger charge is 2.22. The molecule has 0 unspecified atom stereocenters. The summed E-state index contributed by atoms with van der Waals surface area (Å²) in [6.45, 7) is 3.88. The lowest BCUT2D eigenvalue weighted by Crippen LogP contribution is -2.38. The molecular weight excluding hydrogens is 304 g/mol. The molecule has 2 heterocycles. The van der Waals surface area contributed by atoms with Gasteiger partial charge < -0.3 is 10.0 Å². The monoisotopic (exact) mass is 322 g/mol. The second kappa shape index (κ2) is 6.69. The van der Waals surface area contributed by atoms with Crippen LogP contribution in [0.15, 0.2) is 17.8 Å². The predicted molar refractivity (Wildman–Crippen MR) is 82.7 cm³/mol. The normalized spacial score (nSPS) is 10.9. The summed E-state index contributed by atoms with van der Waals surface area (Å²) in [5, 5.41) is 15.3. The Balaban J connectivity index is 2.17. The van der Waals surface area contributed by atoms with E-state index >= 15 is 0 Å². The van der Waals surface area contributed by atoms with Gasteiger partial charge in [0.15, 0.2) is 0 Å². The summed E-state index contributed by atoms with van der Waals surface area (Å²) < 4.78 is 1.67. The fourth-order valence-electron chi connectivity index (χ4n) is 1.99. The molecule has 0 saturated heterocycles. The number of carboxylic acid groups (broad SMARTS) is 1. The highest BCUT2D eigenvalue weighted by atomic mass is 32.1. The smallest absolute Gasteiger partial charge is 0.305 e. The third-order valence-corrected chi connectivity index (χ3v) is 4.02. The van der Waals surface area contributed by atoms with Gasteiger partial charge in [-0.1, -0.05) is 0 Å². The van der Waals surface area contributed by atoms with Crippen molar-refractivity contribution in [1.82, 2.24) is 19.7 Å². The first-order chi connectivity index (χ1) is 10.4. The van der Waals surface area contributed by atoms with Crippen LogP contribution in [0.25, 0.3) is 10.6 Å². The number of aromatic nitrogens is 3. The van der Waals surface area contributed by atoms with E-state index in [4.69, 9.17) is 5.11 Å². The van der Waals surface area contributed by atoms with Gasteiger partial charge in [-0.3, -0.25) is 14.3 Å². The van der Waals surface area contributed by atoms with E-state index in [1.54, 1.807) is 16.3 Å². The second-order valence-electron chi connectivity index (χ2n) is 5.18. The van der Waals surface area contributed by atoms with Gasteiger partial charge in [0.2, 0.25) is 0 Å². The average molecular weight is 322 g/mol. The van der Waals surface area contributed by atoms with Crippen molar-refractivity contribution in [2.75, 3.05) is 6.54 Å². The quantitative estimate of drug-likeness (QED) is 0.877. The molecule has 2 aromatic heterocycles. The minimum Gasteiger partial charge on any atom is -0.481 e. The molecule has 1 N–H and O–H groups in total. The number of aliphatic carboxylic acids is 1. The maximum atomic E-state index is 12.5. The van der Waals surface area contributed by atoms with Crippen molar-refractivity contribution >= 4 is 23.2 Å². The Bertz CT molecular complexity index is 677. The Morgan fingerprint density at radius 3 is 2.73 bits per heavy atom.